The van der Waals surface area contributed by atoms with Crippen molar-refractivity contribution in [3.05, 3.63) is 0 Å². The number of hydrogen-bond acceptors (Lipinski definition) is 3. The molecule has 0 aromatic rings. The fourth-order valence-electron chi connectivity index (χ4n) is 4.00. The zero-order valence-electron chi connectivity index (χ0n) is 10.6. The minimum Gasteiger partial charge on any atom is -0.375 e. The van der Waals surface area contributed by atoms with Gasteiger partial charge >= 0.3 is 0 Å². The lowest BCUT2D eigenvalue weighted by atomic mass is 9.86. The van der Waals surface area contributed by atoms with Gasteiger partial charge in [-0.3, -0.25) is 4.90 Å². The monoisotopic (exact) mass is 237 g/mol. The van der Waals surface area contributed by atoms with E-state index in [0.29, 0.717) is 12.1 Å². The van der Waals surface area contributed by atoms with Crippen molar-refractivity contribution in [1.82, 2.24) is 4.90 Å². The number of aldehydes is 1. The number of ether oxygens (including phenoxy) is 1. The highest BCUT2D eigenvalue weighted by molar-refractivity contribution is 5.60. The van der Waals surface area contributed by atoms with Gasteiger partial charge in [0, 0.05) is 24.5 Å². The molecule has 0 amide bonds. The van der Waals surface area contributed by atoms with Crippen LogP contribution in [0.4, 0.5) is 0 Å². The Bertz CT molecular complexity index is 286. The van der Waals surface area contributed by atoms with Crippen LogP contribution in [0.5, 0.6) is 0 Å². The van der Waals surface area contributed by atoms with Crippen molar-refractivity contribution in [1.29, 1.82) is 0 Å². The molecule has 2 unspecified atom stereocenters. The van der Waals surface area contributed by atoms with E-state index in [1.165, 1.54) is 38.4 Å². The first kappa shape index (κ1) is 11.7. The maximum absolute atomic E-state index is 11.4. The van der Waals surface area contributed by atoms with Gasteiger partial charge in [0.05, 0.1) is 12.7 Å². The van der Waals surface area contributed by atoms with Gasteiger partial charge in [0.1, 0.15) is 6.29 Å². The van der Waals surface area contributed by atoms with Crippen LogP contribution in [-0.2, 0) is 9.53 Å². The molecule has 0 radical (unpaired) electrons. The smallest absolute Gasteiger partial charge is 0.127 e. The van der Waals surface area contributed by atoms with Crippen LogP contribution in [0.1, 0.15) is 44.9 Å². The molecule has 1 saturated heterocycles. The van der Waals surface area contributed by atoms with E-state index in [0.717, 1.165) is 32.5 Å². The van der Waals surface area contributed by atoms with Crippen LogP contribution in [0, 0.1) is 5.41 Å². The fraction of sp³-hybridized carbons (Fsp3) is 0.929. The van der Waals surface area contributed by atoms with E-state index in [-0.39, 0.29) is 5.41 Å². The van der Waals surface area contributed by atoms with Crippen molar-refractivity contribution in [3.8, 4) is 0 Å². The molecule has 0 spiro atoms. The maximum atomic E-state index is 11.4. The summed E-state index contributed by atoms with van der Waals surface area (Å²) < 4.78 is 5.83. The summed E-state index contributed by atoms with van der Waals surface area (Å²) in [6, 6.07) is 0.598. The lowest BCUT2D eigenvalue weighted by Crippen LogP contribution is -2.52. The van der Waals surface area contributed by atoms with Crippen molar-refractivity contribution < 1.29 is 9.53 Å². The number of rotatable bonds is 3. The summed E-state index contributed by atoms with van der Waals surface area (Å²) in [4.78, 5) is 14.0. The Balaban J connectivity index is 1.68. The van der Waals surface area contributed by atoms with E-state index in [1.807, 2.05) is 0 Å². The molecule has 3 rings (SSSR count). The molecule has 3 nitrogen and oxygen atoms in total. The fourth-order valence-corrected chi connectivity index (χ4v) is 4.00. The van der Waals surface area contributed by atoms with Crippen molar-refractivity contribution in [2.75, 3.05) is 19.7 Å². The van der Waals surface area contributed by atoms with Crippen LogP contribution in [0.25, 0.3) is 0 Å². The van der Waals surface area contributed by atoms with Gasteiger partial charge in [-0.2, -0.15) is 0 Å². The van der Waals surface area contributed by atoms with E-state index < -0.39 is 0 Å². The molecule has 2 saturated carbocycles. The Morgan fingerprint density at radius 1 is 1.24 bits per heavy atom. The molecular formula is C14H23NO2. The van der Waals surface area contributed by atoms with Gasteiger partial charge in [-0.15, -0.1) is 0 Å². The van der Waals surface area contributed by atoms with E-state index in [2.05, 4.69) is 4.90 Å². The van der Waals surface area contributed by atoms with Gasteiger partial charge in [-0.05, 0) is 32.1 Å². The van der Waals surface area contributed by atoms with Crippen LogP contribution in [0.3, 0.4) is 0 Å². The van der Waals surface area contributed by atoms with Crippen LogP contribution >= 0.6 is 0 Å². The molecule has 0 bridgehead atoms. The molecule has 3 heteroatoms. The second kappa shape index (κ2) is 4.69. The maximum Gasteiger partial charge on any atom is 0.127 e. The topological polar surface area (TPSA) is 29.5 Å². The minimum atomic E-state index is -0.0233. The Kier molecular flexibility index (Phi) is 3.22. The normalized spacial score (nSPS) is 36.9. The summed E-state index contributed by atoms with van der Waals surface area (Å²) >= 11 is 0. The molecule has 96 valence electrons. The zero-order chi connectivity index (χ0) is 11.7. The summed E-state index contributed by atoms with van der Waals surface area (Å²) in [5, 5.41) is 0. The lowest BCUT2D eigenvalue weighted by molar-refractivity contribution is -0.120. The Morgan fingerprint density at radius 3 is 2.82 bits per heavy atom. The predicted octanol–water partition coefficient (Wildman–Crippen LogP) is 2.00. The molecule has 1 heterocycles. The standard InChI is InChI=1S/C14H23NO2/c16-11-14(6-1-2-7-14)10-15-8-9-17-13-5-3-4-12(13)15/h11-13H,1-10H2. The van der Waals surface area contributed by atoms with Crippen molar-refractivity contribution >= 4 is 6.29 Å². The average Bonchev–Trinajstić information content (AvgIpc) is 2.98. The Morgan fingerprint density at radius 2 is 2.06 bits per heavy atom. The highest BCUT2D eigenvalue weighted by Gasteiger charge is 2.41. The van der Waals surface area contributed by atoms with Crippen molar-refractivity contribution in [2.24, 2.45) is 5.41 Å². The molecule has 2 atom stereocenters. The van der Waals surface area contributed by atoms with Gasteiger partial charge < -0.3 is 9.53 Å². The number of fused-ring (bicyclic) bond motifs is 1. The molecule has 0 N–H and O–H groups in total. The van der Waals surface area contributed by atoms with Gasteiger partial charge in [0.2, 0.25) is 0 Å². The second-order valence-electron chi connectivity index (χ2n) is 6.07. The van der Waals surface area contributed by atoms with Gasteiger partial charge in [-0.1, -0.05) is 12.8 Å². The summed E-state index contributed by atoms with van der Waals surface area (Å²) in [6.45, 7) is 2.87. The Hall–Kier alpha value is -0.410. The first-order chi connectivity index (χ1) is 8.33. The molecule has 17 heavy (non-hydrogen) atoms. The summed E-state index contributed by atoms with van der Waals surface area (Å²) in [5.74, 6) is 0. The third-order valence-corrected chi connectivity index (χ3v) is 4.96. The average molecular weight is 237 g/mol. The third kappa shape index (κ3) is 2.15. The van der Waals surface area contributed by atoms with Crippen LogP contribution in [0.2, 0.25) is 0 Å². The molecule has 3 fully saturated rings. The molecule has 0 aromatic carbocycles. The van der Waals surface area contributed by atoms with E-state index >= 15 is 0 Å². The second-order valence-corrected chi connectivity index (χ2v) is 6.07. The molecule has 3 aliphatic rings. The van der Waals surface area contributed by atoms with Gasteiger partial charge in [0.25, 0.3) is 0 Å². The molecular weight excluding hydrogens is 214 g/mol. The molecule has 0 aromatic heterocycles. The van der Waals surface area contributed by atoms with Crippen LogP contribution in [-0.4, -0.2) is 43.0 Å². The number of carbonyl (C=O) groups excluding carboxylic acids is 1. The van der Waals surface area contributed by atoms with Gasteiger partial charge in [0.15, 0.2) is 0 Å². The van der Waals surface area contributed by atoms with Crippen LogP contribution in [0.15, 0.2) is 0 Å². The summed E-state index contributed by atoms with van der Waals surface area (Å²) in [6.07, 6.45) is 10.1. The number of nitrogens with zero attached hydrogens (tertiary/aromatic N) is 1. The highest BCUT2D eigenvalue weighted by atomic mass is 16.5. The predicted molar refractivity (Wildman–Crippen MR) is 65.9 cm³/mol. The largest absolute Gasteiger partial charge is 0.375 e. The molecule has 2 aliphatic carbocycles. The first-order valence-electron chi connectivity index (χ1n) is 7.15. The van der Waals surface area contributed by atoms with Crippen molar-refractivity contribution in [2.45, 2.75) is 57.1 Å². The quantitative estimate of drug-likeness (QED) is 0.703. The zero-order valence-corrected chi connectivity index (χ0v) is 10.6. The SMILES string of the molecule is O=CC1(CN2CCOC3CCCC32)CCCC1. The number of morpholine rings is 1. The lowest BCUT2D eigenvalue weighted by Gasteiger charge is -2.41. The number of carbonyl (C=O) groups is 1. The van der Waals surface area contributed by atoms with E-state index in [1.54, 1.807) is 0 Å². The number of hydrogen-bond donors (Lipinski definition) is 0. The van der Waals surface area contributed by atoms with Gasteiger partial charge in [-0.25, -0.2) is 0 Å². The van der Waals surface area contributed by atoms with Crippen molar-refractivity contribution in [3.63, 3.8) is 0 Å². The van der Waals surface area contributed by atoms with E-state index in [4.69, 9.17) is 4.74 Å². The highest BCUT2D eigenvalue weighted by Crippen LogP contribution is 2.39. The summed E-state index contributed by atoms with van der Waals surface area (Å²) in [5.41, 5.74) is -0.0233. The minimum absolute atomic E-state index is 0.0233. The van der Waals surface area contributed by atoms with E-state index in [9.17, 15) is 4.79 Å². The first-order valence-corrected chi connectivity index (χ1v) is 7.15. The third-order valence-electron chi connectivity index (χ3n) is 4.96. The Labute approximate surface area is 104 Å². The summed E-state index contributed by atoms with van der Waals surface area (Å²) in [7, 11) is 0. The molecule has 1 aliphatic heterocycles. The van der Waals surface area contributed by atoms with Crippen LogP contribution < -0.4 is 0 Å².